The van der Waals surface area contributed by atoms with E-state index in [0.717, 1.165) is 11.1 Å². The molecule has 2 N–H and O–H groups in total. The Labute approximate surface area is 145 Å². The summed E-state index contributed by atoms with van der Waals surface area (Å²) in [6.07, 6.45) is 0.165. The summed E-state index contributed by atoms with van der Waals surface area (Å²) in [5.41, 5.74) is 2.29. The Morgan fingerprint density at radius 2 is 1.72 bits per heavy atom. The number of ether oxygens (including phenoxy) is 1. The summed E-state index contributed by atoms with van der Waals surface area (Å²) in [7, 11) is 1.25. The minimum absolute atomic E-state index is 0.165. The number of carbonyl (C=O) groups excluding carboxylic acids is 2. The molecule has 0 saturated carbocycles. The molecule has 0 unspecified atom stereocenters. The number of aryl methyl sites for hydroxylation is 1. The summed E-state index contributed by atoms with van der Waals surface area (Å²) in [4.78, 5) is 35.3. The van der Waals surface area contributed by atoms with E-state index in [2.05, 4.69) is 10.1 Å². The van der Waals surface area contributed by atoms with E-state index in [1.165, 1.54) is 31.4 Å². The number of nitrogens with one attached hydrogen (secondary N) is 1. The first kappa shape index (κ1) is 18.2. The highest BCUT2D eigenvalue weighted by Gasteiger charge is 2.21. The molecule has 1 atom stereocenters. The van der Waals surface area contributed by atoms with Crippen LogP contribution >= 0.6 is 0 Å². The topological polar surface area (TPSA) is 92.7 Å². The lowest BCUT2D eigenvalue weighted by Crippen LogP contribution is -2.42. The second-order valence-electron chi connectivity index (χ2n) is 5.63. The predicted octanol–water partition coefficient (Wildman–Crippen LogP) is 2.21. The largest absolute Gasteiger partial charge is 0.480 e. The van der Waals surface area contributed by atoms with E-state index >= 15 is 0 Å². The Kier molecular flexibility index (Phi) is 5.89. The van der Waals surface area contributed by atoms with Crippen LogP contribution in [0.1, 0.15) is 31.8 Å². The smallest absolute Gasteiger partial charge is 0.337 e. The number of esters is 1. The van der Waals surface area contributed by atoms with E-state index in [4.69, 9.17) is 0 Å². The molecule has 25 heavy (non-hydrogen) atoms. The maximum absolute atomic E-state index is 12.3. The number of amides is 1. The highest BCUT2D eigenvalue weighted by atomic mass is 16.5. The van der Waals surface area contributed by atoms with Gasteiger partial charge in [0, 0.05) is 12.0 Å². The Bertz CT molecular complexity index is 783. The average molecular weight is 341 g/mol. The van der Waals surface area contributed by atoms with Crippen LogP contribution in [0.25, 0.3) is 0 Å². The van der Waals surface area contributed by atoms with Crippen molar-refractivity contribution in [3.8, 4) is 0 Å². The minimum Gasteiger partial charge on any atom is -0.480 e. The third-order valence-electron chi connectivity index (χ3n) is 3.71. The van der Waals surface area contributed by atoms with Gasteiger partial charge in [0.25, 0.3) is 5.91 Å². The van der Waals surface area contributed by atoms with Crippen LogP contribution in [-0.4, -0.2) is 36.1 Å². The standard InChI is InChI=1S/C19H19NO5/c1-12-6-8-13(9-7-12)10-16(18(22)23)20-17(21)14-4-3-5-15(11-14)19(24)25-2/h3-9,11,16H,10H2,1-2H3,(H,20,21)(H,22,23)/t16-/m1/s1. The van der Waals surface area contributed by atoms with E-state index < -0.39 is 23.9 Å². The second-order valence-corrected chi connectivity index (χ2v) is 5.63. The summed E-state index contributed by atoms with van der Waals surface area (Å²) in [6, 6.07) is 12.3. The molecule has 1 amide bonds. The number of rotatable bonds is 6. The van der Waals surface area contributed by atoms with E-state index in [1.807, 2.05) is 31.2 Å². The van der Waals surface area contributed by atoms with E-state index in [1.54, 1.807) is 0 Å². The number of hydrogen-bond acceptors (Lipinski definition) is 4. The summed E-state index contributed by atoms with van der Waals surface area (Å²) in [6.45, 7) is 1.94. The van der Waals surface area contributed by atoms with Gasteiger partial charge in [-0.2, -0.15) is 0 Å². The molecular formula is C19H19NO5. The maximum atomic E-state index is 12.3. The Morgan fingerprint density at radius 1 is 1.08 bits per heavy atom. The van der Waals surface area contributed by atoms with Crippen molar-refractivity contribution < 1.29 is 24.2 Å². The van der Waals surface area contributed by atoms with Gasteiger partial charge in [0.15, 0.2) is 0 Å². The van der Waals surface area contributed by atoms with Crippen molar-refractivity contribution in [2.75, 3.05) is 7.11 Å². The SMILES string of the molecule is COC(=O)c1cccc(C(=O)N[C@H](Cc2ccc(C)cc2)C(=O)O)c1. The molecule has 2 aromatic rings. The predicted molar refractivity (Wildman–Crippen MR) is 91.6 cm³/mol. The van der Waals surface area contributed by atoms with Crippen LogP contribution in [0.3, 0.4) is 0 Å². The van der Waals surface area contributed by atoms with Crippen LogP contribution in [0, 0.1) is 6.92 Å². The number of aliphatic carboxylic acids is 1. The van der Waals surface area contributed by atoms with Crippen molar-refractivity contribution in [1.29, 1.82) is 0 Å². The third kappa shape index (κ3) is 4.91. The molecule has 2 rings (SSSR count). The van der Waals surface area contributed by atoms with Gasteiger partial charge in [-0.15, -0.1) is 0 Å². The van der Waals surface area contributed by atoms with Gasteiger partial charge in [0.1, 0.15) is 6.04 Å². The lowest BCUT2D eigenvalue weighted by molar-refractivity contribution is -0.139. The number of carboxylic acids is 1. The van der Waals surface area contributed by atoms with Crippen LogP contribution in [-0.2, 0) is 16.0 Å². The molecule has 6 heteroatoms. The van der Waals surface area contributed by atoms with E-state index in [9.17, 15) is 19.5 Å². The molecule has 0 aliphatic rings. The highest BCUT2D eigenvalue weighted by Crippen LogP contribution is 2.10. The van der Waals surface area contributed by atoms with Crippen LogP contribution < -0.4 is 5.32 Å². The Hall–Kier alpha value is -3.15. The summed E-state index contributed by atoms with van der Waals surface area (Å²) in [5.74, 6) is -2.26. The number of carbonyl (C=O) groups is 3. The monoisotopic (exact) mass is 341 g/mol. The van der Waals surface area contributed by atoms with Crippen molar-refractivity contribution in [3.63, 3.8) is 0 Å². The Balaban J connectivity index is 2.13. The molecule has 0 aromatic heterocycles. The molecule has 6 nitrogen and oxygen atoms in total. The molecule has 0 aliphatic heterocycles. The zero-order chi connectivity index (χ0) is 18.4. The normalized spacial score (nSPS) is 11.4. The molecule has 0 radical (unpaired) electrons. The molecular weight excluding hydrogens is 322 g/mol. The van der Waals surface area contributed by atoms with Gasteiger partial charge in [-0.05, 0) is 30.7 Å². The summed E-state index contributed by atoms with van der Waals surface area (Å²) >= 11 is 0. The minimum atomic E-state index is -1.13. The molecule has 0 heterocycles. The summed E-state index contributed by atoms with van der Waals surface area (Å²) in [5, 5.41) is 11.9. The zero-order valence-corrected chi connectivity index (χ0v) is 14.0. The van der Waals surface area contributed by atoms with Gasteiger partial charge in [-0.25, -0.2) is 9.59 Å². The average Bonchev–Trinajstić information content (AvgIpc) is 2.62. The van der Waals surface area contributed by atoms with Crippen molar-refractivity contribution in [2.45, 2.75) is 19.4 Å². The Morgan fingerprint density at radius 3 is 2.32 bits per heavy atom. The van der Waals surface area contributed by atoms with Crippen molar-refractivity contribution >= 4 is 17.8 Å². The molecule has 0 fully saturated rings. The third-order valence-corrected chi connectivity index (χ3v) is 3.71. The van der Waals surface area contributed by atoms with Gasteiger partial charge in [0.05, 0.1) is 12.7 Å². The quantitative estimate of drug-likeness (QED) is 0.786. The fourth-order valence-electron chi connectivity index (χ4n) is 2.31. The highest BCUT2D eigenvalue weighted by molar-refractivity contribution is 5.99. The van der Waals surface area contributed by atoms with Crippen LogP contribution in [0.5, 0.6) is 0 Å². The van der Waals surface area contributed by atoms with E-state index in [0.29, 0.717) is 0 Å². The lowest BCUT2D eigenvalue weighted by atomic mass is 10.0. The first-order chi connectivity index (χ1) is 11.9. The van der Waals surface area contributed by atoms with Crippen molar-refractivity contribution in [3.05, 3.63) is 70.8 Å². The van der Waals surface area contributed by atoms with Gasteiger partial charge in [0.2, 0.25) is 0 Å². The second kappa shape index (κ2) is 8.10. The van der Waals surface area contributed by atoms with Gasteiger partial charge >= 0.3 is 11.9 Å². The number of carboxylic acid groups (broad SMARTS) is 1. The van der Waals surface area contributed by atoms with Crippen molar-refractivity contribution in [1.82, 2.24) is 5.32 Å². The molecule has 2 aromatic carbocycles. The fourth-order valence-corrected chi connectivity index (χ4v) is 2.31. The van der Waals surface area contributed by atoms with Gasteiger partial charge in [-0.1, -0.05) is 35.9 Å². The molecule has 0 saturated heterocycles. The summed E-state index contributed by atoms with van der Waals surface area (Å²) < 4.78 is 4.61. The lowest BCUT2D eigenvalue weighted by Gasteiger charge is -2.15. The molecule has 0 bridgehead atoms. The van der Waals surface area contributed by atoms with Crippen molar-refractivity contribution in [2.24, 2.45) is 0 Å². The molecule has 0 aliphatic carbocycles. The van der Waals surface area contributed by atoms with Crippen LogP contribution in [0.4, 0.5) is 0 Å². The van der Waals surface area contributed by atoms with Crippen LogP contribution in [0.2, 0.25) is 0 Å². The van der Waals surface area contributed by atoms with Gasteiger partial charge in [-0.3, -0.25) is 4.79 Å². The maximum Gasteiger partial charge on any atom is 0.337 e. The number of hydrogen-bond donors (Lipinski definition) is 2. The number of methoxy groups -OCH3 is 1. The fraction of sp³-hybridized carbons (Fsp3) is 0.211. The zero-order valence-electron chi connectivity index (χ0n) is 14.0. The van der Waals surface area contributed by atoms with Gasteiger partial charge < -0.3 is 15.2 Å². The van der Waals surface area contributed by atoms with E-state index in [-0.39, 0.29) is 17.5 Å². The first-order valence-electron chi connectivity index (χ1n) is 7.68. The van der Waals surface area contributed by atoms with Crippen LogP contribution in [0.15, 0.2) is 48.5 Å². The molecule has 130 valence electrons. The number of benzene rings is 2. The first-order valence-corrected chi connectivity index (χ1v) is 7.68. The molecule has 0 spiro atoms.